The molecule has 0 radical (unpaired) electrons. The van der Waals surface area contributed by atoms with E-state index in [1.54, 1.807) is 16.7 Å². The minimum atomic E-state index is -4.65. The molecule has 1 aliphatic heterocycles. The first-order valence-electron chi connectivity index (χ1n) is 7.70. The lowest BCUT2D eigenvalue weighted by molar-refractivity contribution is -0.384. The summed E-state index contributed by atoms with van der Waals surface area (Å²) in [6.07, 6.45) is -4.65. The molecule has 0 bridgehead atoms. The lowest BCUT2D eigenvalue weighted by atomic mass is 10.1. The monoisotopic (exact) mass is 361 g/mol. The van der Waals surface area contributed by atoms with E-state index in [0.717, 1.165) is 12.1 Å². The number of anilines is 1. The summed E-state index contributed by atoms with van der Waals surface area (Å²) in [5.41, 5.74) is -1.53. The van der Waals surface area contributed by atoms with E-state index in [4.69, 9.17) is 4.74 Å². The zero-order valence-electron chi connectivity index (χ0n) is 13.6. The van der Waals surface area contributed by atoms with E-state index >= 15 is 0 Å². The molecular weight excluding hydrogens is 343 g/mol. The van der Waals surface area contributed by atoms with Crippen molar-refractivity contribution >= 4 is 17.3 Å². The van der Waals surface area contributed by atoms with Crippen molar-refractivity contribution in [2.24, 2.45) is 0 Å². The fourth-order valence-electron chi connectivity index (χ4n) is 2.59. The van der Waals surface area contributed by atoms with Crippen molar-refractivity contribution in [3.8, 4) is 0 Å². The molecule has 2 rings (SSSR count). The molecule has 0 atom stereocenters. The van der Waals surface area contributed by atoms with E-state index in [-0.39, 0.29) is 18.2 Å². The number of benzene rings is 1. The van der Waals surface area contributed by atoms with E-state index in [1.807, 2.05) is 0 Å². The van der Waals surface area contributed by atoms with Gasteiger partial charge in [0.15, 0.2) is 0 Å². The molecule has 0 aliphatic carbocycles. The average Bonchev–Trinajstić information content (AvgIpc) is 2.58. The van der Waals surface area contributed by atoms with Crippen LogP contribution in [0, 0.1) is 10.1 Å². The van der Waals surface area contributed by atoms with Crippen LogP contribution in [-0.2, 0) is 15.7 Å². The SMILES string of the molecule is CCOCC(=O)N1CCN(c2ccc(C(F)(F)F)cc2[N+](=O)[O-])CC1. The molecule has 25 heavy (non-hydrogen) atoms. The van der Waals surface area contributed by atoms with Gasteiger partial charge in [0.25, 0.3) is 5.69 Å². The number of ether oxygens (including phenoxy) is 1. The summed E-state index contributed by atoms with van der Waals surface area (Å²) in [6, 6.07) is 2.48. The third-order valence-electron chi connectivity index (χ3n) is 3.90. The average molecular weight is 361 g/mol. The van der Waals surface area contributed by atoms with Crippen LogP contribution in [0.2, 0.25) is 0 Å². The molecule has 0 spiro atoms. The molecule has 7 nitrogen and oxygen atoms in total. The Morgan fingerprint density at radius 1 is 1.28 bits per heavy atom. The van der Waals surface area contributed by atoms with Gasteiger partial charge in [-0.2, -0.15) is 13.2 Å². The number of rotatable bonds is 5. The van der Waals surface area contributed by atoms with Gasteiger partial charge in [0, 0.05) is 38.9 Å². The predicted molar refractivity (Wildman–Crippen MR) is 83.4 cm³/mol. The van der Waals surface area contributed by atoms with Gasteiger partial charge in [-0.15, -0.1) is 0 Å². The number of hydrogen-bond donors (Lipinski definition) is 0. The molecule has 10 heteroatoms. The van der Waals surface area contributed by atoms with Crippen LogP contribution in [0.5, 0.6) is 0 Å². The maximum Gasteiger partial charge on any atom is 0.416 e. The number of alkyl halides is 3. The number of piperazine rings is 1. The zero-order valence-corrected chi connectivity index (χ0v) is 13.6. The van der Waals surface area contributed by atoms with Crippen LogP contribution in [-0.4, -0.2) is 55.1 Å². The van der Waals surface area contributed by atoms with Gasteiger partial charge in [-0.25, -0.2) is 0 Å². The molecule has 0 unspecified atom stereocenters. The van der Waals surface area contributed by atoms with Gasteiger partial charge in [0.2, 0.25) is 5.91 Å². The smallest absolute Gasteiger partial charge is 0.372 e. The van der Waals surface area contributed by atoms with Crippen molar-refractivity contribution in [3.63, 3.8) is 0 Å². The number of halogens is 3. The molecule has 1 aromatic carbocycles. The van der Waals surface area contributed by atoms with E-state index in [1.165, 1.54) is 0 Å². The maximum atomic E-state index is 12.8. The highest BCUT2D eigenvalue weighted by Crippen LogP contribution is 2.36. The van der Waals surface area contributed by atoms with Crippen molar-refractivity contribution in [1.82, 2.24) is 4.90 Å². The third-order valence-corrected chi connectivity index (χ3v) is 3.90. The highest BCUT2D eigenvalue weighted by atomic mass is 19.4. The first-order valence-corrected chi connectivity index (χ1v) is 7.70. The van der Waals surface area contributed by atoms with Crippen LogP contribution >= 0.6 is 0 Å². The standard InChI is InChI=1S/C15H18F3N3O4/c1-2-25-10-14(22)20-7-5-19(6-8-20)12-4-3-11(15(16,17)18)9-13(12)21(23)24/h3-4,9H,2,5-8,10H2,1H3. The highest BCUT2D eigenvalue weighted by Gasteiger charge is 2.34. The number of nitro benzene ring substituents is 1. The van der Waals surface area contributed by atoms with E-state index in [0.29, 0.717) is 38.9 Å². The molecule has 1 amide bonds. The number of hydrogen-bond acceptors (Lipinski definition) is 5. The number of nitro groups is 1. The van der Waals surface area contributed by atoms with Crippen molar-refractivity contribution in [2.75, 3.05) is 44.3 Å². The van der Waals surface area contributed by atoms with Crippen LogP contribution in [0.4, 0.5) is 24.5 Å². The summed E-state index contributed by atoms with van der Waals surface area (Å²) in [5, 5.41) is 11.2. The van der Waals surface area contributed by atoms with E-state index in [2.05, 4.69) is 0 Å². The molecule has 1 aromatic rings. The van der Waals surface area contributed by atoms with Crippen molar-refractivity contribution in [2.45, 2.75) is 13.1 Å². The number of nitrogens with zero attached hydrogens (tertiary/aromatic N) is 3. The highest BCUT2D eigenvalue weighted by molar-refractivity contribution is 5.78. The first-order chi connectivity index (χ1) is 11.7. The van der Waals surface area contributed by atoms with Crippen LogP contribution in [0.3, 0.4) is 0 Å². The summed E-state index contributed by atoms with van der Waals surface area (Å²) in [6.45, 7) is 3.40. The second kappa shape index (κ2) is 7.68. The fourth-order valence-corrected chi connectivity index (χ4v) is 2.59. The molecule has 1 aliphatic rings. The third kappa shape index (κ3) is 4.59. The van der Waals surface area contributed by atoms with Crippen LogP contribution in [0.25, 0.3) is 0 Å². The van der Waals surface area contributed by atoms with Gasteiger partial charge in [-0.05, 0) is 19.1 Å². The second-order valence-electron chi connectivity index (χ2n) is 5.46. The van der Waals surface area contributed by atoms with E-state index < -0.39 is 22.4 Å². The summed E-state index contributed by atoms with van der Waals surface area (Å²) < 4.78 is 43.3. The second-order valence-corrected chi connectivity index (χ2v) is 5.46. The van der Waals surface area contributed by atoms with Gasteiger partial charge in [0.05, 0.1) is 10.5 Å². The Labute approximate surface area is 142 Å². The molecule has 0 aromatic heterocycles. The van der Waals surface area contributed by atoms with Crippen molar-refractivity contribution in [3.05, 3.63) is 33.9 Å². The maximum absolute atomic E-state index is 12.8. The van der Waals surface area contributed by atoms with Crippen LogP contribution in [0.1, 0.15) is 12.5 Å². The van der Waals surface area contributed by atoms with Crippen molar-refractivity contribution < 1.29 is 27.6 Å². The van der Waals surface area contributed by atoms with Gasteiger partial charge < -0.3 is 14.5 Å². The van der Waals surface area contributed by atoms with Crippen LogP contribution in [0.15, 0.2) is 18.2 Å². The molecule has 0 N–H and O–H groups in total. The molecule has 138 valence electrons. The van der Waals surface area contributed by atoms with Gasteiger partial charge in [-0.1, -0.05) is 0 Å². The minimum Gasteiger partial charge on any atom is -0.372 e. The van der Waals surface area contributed by atoms with Crippen LogP contribution < -0.4 is 4.90 Å². The number of carbonyl (C=O) groups is 1. The summed E-state index contributed by atoms with van der Waals surface area (Å²) in [4.78, 5) is 25.4. The zero-order chi connectivity index (χ0) is 18.6. The molecular formula is C15H18F3N3O4. The molecule has 0 saturated carbocycles. The van der Waals surface area contributed by atoms with E-state index in [9.17, 15) is 28.1 Å². The first kappa shape index (κ1) is 19.0. The van der Waals surface area contributed by atoms with Gasteiger partial charge >= 0.3 is 6.18 Å². The summed E-state index contributed by atoms with van der Waals surface area (Å²) >= 11 is 0. The Balaban J connectivity index is 2.12. The topological polar surface area (TPSA) is 75.9 Å². The summed E-state index contributed by atoms with van der Waals surface area (Å²) in [7, 11) is 0. The number of carbonyl (C=O) groups excluding carboxylic acids is 1. The lowest BCUT2D eigenvalue weighted by Gasteiger charge is -2.35. The van der Waals surface area contributed by atoms with Gasteiger partial charge in [0.1, 0.15) is 12.3 Å². The minimum absolute atomic E-state index is 0.0308. The Hall–Kier alpha value is -2.36. The Morgan fingerprint density at radius 2 is 1.92 bits per heavy atom. The normalized spacial score (nSPS) is 15.4. The Bertz CT molecular complexity index is 643. The Morgan fingerprint density at radius 3 is 2.44 bits per heavy atom. The van der Waals surface area contributed by atoms with Crippen molar-refractivity contribution in [1.29, 1.82) is 0 Å². The van der Waals surface area contributed by atoms with Gasteiger partial charge in [-0.3, -0.25) is 14.9 Å². The predicted octanol–water partition coefficient (Wildman–Crippen LogP) is 2.30. The molecule has 1 saturated heterocycles. The largest absolute Gasteiger partial charge is 0.416 e. The number of amides is 1. The fraction of sp³-hybridized carbons (Fsp3) is 0.533. The molecule has 1 fully saturated rings. The summed E-state index contributed by atoms with van der Waals surface area (Å²) in [5.74, 6) is -0.177. The quantitative estimate of drug-likeness (QED) is 0.594. The molecule has 1 heterocycles. The lowest BCUT2D eigenvalue weighted by Crippen LogP contribution is -2.49. The Kier molecular flexibility index (Phi) is 5.83.